The molecule has 0 radical (unpaired) electrons. The third kappa shape index (κ3) is 3.70. The summed E-state index contributed by atoms with van der Waals surface area (Å²) in [6.07, 6.45) is 6.13. The van der Waals surface area contributed by atoms with Gasteiger partial charge in [0.2, 0.25) is 0 Å². The van der Waals surface area contributed by atoms with Crippen molar-refractivity contribution in [3.8, 4) is 0 Å². The predicted octanol–water partition coefficient (Wildman–Crippen LogP) is 2.39. The molecule has 0 aromatic heterocycles. The molecule has 2 aliphatic rings. The van der Waals surface area contributed by atoms with Crippen LogP contribution in [0.4, 0.5) is 0 Å². The van der Waals surface area contributed by atoms with Crippen molar-refractivity contribution < 1.29 is 10.1 Å². The topological polar surface area (TPSA) is 45.7 Å². The molecular formula is C19H29N2O+. The van der Waals surface area contributed by atoms with Gasteiger partial charge in [0.25, 0.3) is 5.91 Å². The van der Waals surface area contributed by atoms with Gasteiger partial charge >= 0.3 is 0 Å². The minimum atomic E-state index is -0.0976. The van der Waals surface area contributed by atoms with Crippen LogP contribution in [0.3, 0.4) is 0 Å². The molecule has 0 saturated heterocycles. The number of nitrogens with two attached hydrogens (primary N) is 1. The Labute approximate surface area is 133 Å². The maximum atomic E-state index is 12.7. The van der Waals surface area contributed by atoms with E-state index in [1.807, 2.05) is 18.2 Å². The van der Waals surface area contributed by atoms with Crippen LogP contribution >= 0.6 is 0 Å². The van der Waals surface area contributed by atoms with Crippen molar-refractivity contribution in [2.24, 2.45) is 11.8 Å². The zero-order valence-electron chi connectivity index (χ0n) is 13.8. The molecule has 3 heteroatoms. The molecule has 3 N–H and O–H groups in total. The van der Waals surface area contributed by atoms with E-state index in [9.17, 15) is 4.79 Å². The molecule has 1 aromatic carbocycles. The van der Waals surface area contributed by atoms with Crippen LogP contribution in [-0.2, 0) is 4.79 Å². The zero-order chi connectivity index (χ0) is 15.5. The molecule has 2 saturated carbocycles. The van der Waals surface area contributed by atoms with Gasteiger partial charge in [0.15, 0.2) is 6.04 Å². The number of hydrogen-bond donors (Lipinski definition) is 2. The molecule has 0 spiro atoms. The molecular weight excluding hydrogens is 272 g/mol. The first-order valence-electron chi connectivity index (χ1n) is 8.85. The van der Waals surface area contributed by atoms with E-state index >= 15 is 0 Å². The van der Waals surface area contributed by atoms with Gasteiger partial charge in [-0.15, -0.1) is 0 Å². The SMILES string of the molecule is C[C@@H]1[C@H](C)CCC[C@H]1[NH2+][C@H](C(=O)NC1CC1)c1ccccc1. The summed E-state index contributed by atoms with van der Waals surface area (Å²) < 4.78 is 0. The Morgan fingerprint density at radius 1 is 1.14 bits per heavy atom. The highest BCUT2D eigenvalue weighted by atomic mass is 16.2. The Kier molecular flexibility index (Phi) is 4.82. The van der Waals surface area contributed by atoms with Gasteiger partial charge in [0.1, 0.15) is 0 Å². The van der Waals surface area contributed by atoms with Crippen LogP contribution in [0.5, 0.6) is 0 Å². The third-order valence-corrected chi connectivity index (χ3v) is 5.57. The van der Waals surface area contributed by atoms with Gasteiger partial charge < -0.3 is 10.6 Å². The minimum absolute atomic E-state index is 0.0976. The molecule has 120 valence electrons. The van der Waals surface area contributed by atoms with Crippen LogP contribution in [0.2, 0.25) is 0 Å². The molecule has 4 atom stereocenters. The predicted molar refractivity (Wildman–Crippen MR) is 88.2 cm³/mol. The lowest BCUT2D eigenvalue weighted by molar-refractivity contribution is -0.724. The van der Waals surface area contributed by atoms with Gasteiger partial charge in [-0.1, -0.05) is 44.2 Å². The minimum Gasteiger partial charge on any atom is -0.348 e. The number of benzene rings is 1. The summed E-state index contributed by atoms with van der Waals surface area (Å²) in [5.41, 5.74) is 1.13. The van der Waals surface area contributed by atoms with E-state index < -0.39 is 0 Å². The zero-order valence-corrected chi connectivity index (χ0v) is 13.8. The summed E-state index contributed by atoms with van der Waals surface area (Å²) in [7, 11) is 0. The molecule has 2 fully saturated rings. The molecule has 3 rings (SSSR count). The highest BCUT2D eigenvalue weighted by molar-refractivity contribution is 5.82. The van der Waals surface area contributed by atoms with Crippen molar-refractivity contribution in [1.82, 2.24) is 5.32 Å². The van der Waals surface area contributed by atoms with E-state index in [1.165, 1.54) is 19.3 Å². The Hall–Kier alpha value is -1.35. The average molecular weight is 301 g/mol. The first-order valence-corrected chi connectivity index (χ1v) is 8.85. The summed E-state index contributed by atoms with van der Waals surface area (Å²) in [5, 5.41) is 5.54. The number of carbonyl (C=O) groups is 1. The Morgan fingerprint density at radius 3 is 2.55 bits per heavy atom. The lowest BCUT2D eigenvalue weighted by Gasteiger charge is -2.34. The number of quaternary nitrogens is 1. The standard InChI is InChI=1S/C19H28N2O/c1-13-7-6-10-17(14(13)2)21-18(15-8-4-3-5-9-15)19(22)20-16-11-12-16/h3-5,8-9,13-14,16-18,21H,6-7,10-12H2,1-2H3,(H,20,22)/p+1/t13-,14-,17-,18+/m1/s1. The molecule has 0 bridgehead atoms. The van der Waals surface area contributed by atoms with Crippen LogP contribution in [0.1, 0.15) is 57.6 Å². The highest BCUT2D eigenvalue weighted by Crippen LogP contribution is 2.28. The quantitative estimate of drug-likeness (QED) is 0.862. The van der Waals surface area contributed by atoms with E-state index in [0.717, 1.165) is 24.3 Å². The molecule has 0 aliphatic heterocycles. The lowest BCUT2D eigenvalue weighted by atomic mass is 9.77. The van der Waals surface area contributed by atoms with Crippen LogP contribution in [-0.4, -0.2) is 18.0 Å². The lowest BCUT2D eigenvalue weighted by Crippen LogP contribution is -2.94. The van der Waals surface area contributed by atoms with Crippen molar-refractivity contribution in [1.29, 1.82) is 0 Å². The number of carbonyl (C=O) groups excluding carboxylic acids is 1. The second-order valence-corrected chi connectivity index (χ2v) is 7.29. The number of amides is 1. The first kappa shape index (κ1) is 15.5. The van der Waals surface area contributed by atoms with Gasteiger partial charge in [-0.25, -0.2) is 0 Å². The Balaban J connectivity index is 1.74. The van der Waals surface area contributed by atoms with E-state index in [4.69, 9.17) is 0 Å². The van der Waals surface area contributed by atoms with Gasteiger partial charge in [0.05, 0.1) is 6.04 Å². The van der Waals surface area contributed by atoms with Crippen LogP contribution in [0.15, 0.2) is 30.3 Å². The summed E-state index contributed by atoms with van der Waals surface area (Å²) in [6, 6.07) is 11.1. The average Bonchev–Trinajstić information content (AvgIpc) is 3.33. The molecule has 22 heavy (non-hydrogen) atoms. The highest BCUT2D eigenvalue weighted by Gasteiger charge is 2.36. The van der Waals surface area contributed by atoms with Crippen molar-refractivity contribution in [3.05, 3.63) is 35.9 Å². The van der Waals surface area contributed by atoms with Crippen LogP contribution in [0, 0.1) is 11.8 Å². The fourth-order valence-corrected chi connectivity index (χ4v) is 3.67. The summed E-state index contributed by atoms with van der Waals surface area (Å²) in [5.74, 6) is 1.63. The van der Waals surface area contributed by atoms with Crippen LogP contribution in [0.25, 0.3) is 0 Å². The molecule has 3 nitrogen and oxygen atoms in total. The van der Waals surface area contributed by atoms with Gasteiger partial charge in [-0.2, -0.15) is 0 Å². The second-order valence-electron chi connectivity index (χ2n) is 7.29. The Morgan fingerprint density at radius 2 is 1.86 bits per heavy atom. The maximum Gasteiger partial charge on any atom is 0.283 e. The number of rotatable bonds is 5. The van der Waals surface area contributed by atoms with E-state index in [2.05, 4.69) is 36.6 Å². The van der Waals surface area contributed by atoms with Gasteiger partial charge in [-0.3, -0.25) is 4.79 Å². The number of nitrogens with one attached hydrogen (secondary N) is 1. The second kappa shape index (κ2) is 6.82. The van der Waals surface area contributed by atoms with Crippen molar-refractivity contribution in [2.45, 2.75) is 64.1 Å². The van der Waals surface area contributed by atoms with E-state index in [1.54, 1.807) is 0 Å². The smallest absolute Gasteiger partial charge is 0.283 e. The van der Waals surface area contributed by atoms with E-state index in [0.29, 0.717) is 18.0 Å². The fourth-order valence-electron chi connectivity index (χ4n) is 3.67. The molecule has 1 amide bonds. The fraction of sp³-hybridized carbons (Fsp3) is 0.632. The summed E-state index contributed by atoms with van der Waals surface area (Å²) in [4.78, 5) is 12.7. The summed E-state index contributed by atoms with van der Waals surface area (Å²) in [6.45, 7) is 4.71. The molecule has 0 heterocycles. The van der Waals surface area contributed by atoms with Crippen molar-refractivity contribution in [2.75, 3.05) is 0 Å². The largest absolute Gasteiger partial charge is 0.348 e. The molecule has 2 aliphatic carbocycles. The Bertz CT molecular complexity index is 497. The maximum absolute atomic E-state index is 12.7. The number of hydrogen-bond acceptors (Lipinski definition) is 1. The van der Waals surface area contributed by atoms with Crippen molar-refractivity contribution >= 4 is 5.91 Å². The normalized spacial score (nSPS) is 29.8. The molecule has 0 unspecified atom stereocenters. The van der Waals surface area contributed by atoms with Crippen LogP contribution < -0.4 is 10.6 Å². The molecule has 1 aromatic rings. The first-order chi connectivity index (χ1) is 10.6. The monoisotopic (exact) mass is 301 g/mol. The van der Waals surface area contributed by atoms with Crippen molar-refractivity contribution in [3.63, 3.8) is 0 Å². The van der Waals surface area contributed by atoms with Gasteiger partial charge in [-0.05, 0) is 38.0 Å². The van der Waals surface area contributed by atoms with Gasteiger partial charge in [0, 0.05) is 17.5 Å². The van der Waals surface area contributed by atoms with E-state index in [-0.39, 0.29) is 11.9 Å². The third-order valence-electron chi connectivity index (χ3n) is 5.57. The summed E-state index contributed by atoms with van der Waals surface area (Å²) >= 11 is 0.